The summed E-state index contributed by atoms with van der Waals surface area (Å²) in [7, 11) is 0. The fourth-order valence-electron chi connectivity index (χ4n) is 0.902. The molecule has 0 bridgehead atoms. The highest BCUT2D eigenvalue weighted by Crippen LogP contribution is 2.08. The summed E-state index contributed by atoms with van der Waals surface area (Å²) in [5.74, 6) is -0.673. The summed E-state index contributed by atoms with van der Waals surface area (Å²) in [6.07, 6.45) is 4.11. The molecule has 0 saturated heterocycles. The first-order chi connectivity index (χ1) is 6.74. The van der Waals surface area contributed by atoms with Crippen LogP contribution >= 0.6 is 0 Å². The third-order valence-electron chi connectivity index (χ3n) is 1.52. The molecule has 0 saturated carbocycles. The van der Waals surface area contributed by atoms with Crippen LogP contribution in [0, 0.1) is 0 Å². The number of rotatable bonds is 3. The van der Waals surface area contributed by atoms with Crippen LogP contribution in [0.1, 0.15) is 12.5 Å². The van der Waals surface area contributed by atoms with E-state index in [1.165, 1.54) is 12.4 Å². The van der Waals surface area contributed by atoms with E-state index in [1.807, 2.05) is 0 Å². The number of ether oxygens (including phenoxy) is 1. The minimum Gasteiger partial charge on any atom is -0.507 e. The Labute approximate surface area is 81.9 Å². The predicted octanol–water partition coefficient (Wildman–Crippen LogP) is 1.54. The molecule has 0 fully saturated rings. The Morgan fingerprint density at radius 1 is 1.57 bits per heavy atom. The van der Waals surface area contributed by atoms with Gasteiger partial charge in [0.25, 0.3) is 0 Å². The summed E-state index contributed by atoms with van der Waals surface area (Å²) in [6, 6.07) is 3.20. The maximum absolute atomic E-state index is 11.0. The molecule has 14 heavy (non-hydrogen) atoms. The third kappa shape index (κ3) is 2.90. The second-order valence-electron chi connectivity index (χ2n) is 2.52. The summed E-state index contributed by atoms with van der Waals surface area (Å²) in [5.41, 5.74) is 0.535. The van der Waals surface area contributed by atoms with Crippen molar-refractivity contribution >= 4 is 11.7 Å². The molecule has 0 aliphatic carbocycles. The molecule has 1 aromatic rings. The van der Waals surface area contributed by atoms with E-state index in [2.05, 4.69) is 9.72 Å². The van der Waals surface area contributed by atoms with Crippen LogP contribution in [-0.4, -0.2) is 22.7 Å². The molecule has 74 valence electrons. The molecule has 0 spiro atoms. The van der Waals surface area contributed by atoms with E-state index < -0.39 is 5.97 Å². The Hall–Kier alpha value is -1.84. The van der Waals surface area contributed by atoms with Gasteiger partial charge in [-0.1, -0.05) is 0 Å². The molecule has 0 unspecified atom stereocenters. The van der Waals surface area contributed by atoms with Crippen LogP contribution in [0.3, 0.4) is 0 Å². The minimum atomic E-state index is -0.554. The van der Waals surface area contributed by atoms with E-state index in [4.69, 9.17) is 0 Å². The van der Waals surface area contributed by atoms with Gasteiger partial charge in [-0.2, -0.15) is 0 Å². The molecule has 1 N–H and O–H groups in total. The molecular formula is C10H11NO3. The second kappa shape index (κ2) is 5.01. The van der Waals surface area contributed by atoms with Gasteiger partial charge in [0, 0.05) is 18.0 Å². The van der Waals surface area contributed by atoms with Crippen molar-refractivity contribution in [2.24, 2.45) is 0 Å². The average Bonchev–Trinajstić information content (AvgIpc) is 2.19. The number of carbonyl (C=O) groups excluding carboxylic acids is 1. The second-order valence-corrected chi connectivity index (χ2v) is 2.52. The highest BCUT2D eigenvalue weighted by molar-refractivity contribution is 5.89. The van der Waals surface area contributed by atoms with Crippen LogP contribution in [-0.2, 0) is 9.53 Å². The fraction of sp³-hybridized carbons (Fsp3) is 0.200. The van der Waals surface area contributed by atoms with Gasteiger partial charge in [-0.05, 0) is 19.1 Å². The van der Waals surface area contributed by atoms with E-state index in [-0.39, 0.29) is 5.76 Å². The zero-order valence-corrected chi connectivity index (χ0v) is 7.80. The topological polar surface area (TPSA) is 59.4 Å². The smallest absolute Gasteiger partial charge is 0.334 e. The van der Waals surface area contributed by atoms with Gasteiger partial charge in [0.1, 0.15) is 5.76 Å². The number of esters is 1. The van der Waals surface area contributed by atoms with Crippen molar-refractivity contribution < 1.29 is 14.6 Å². The van der Waals surface area contributed by atoms with Crippen molar-refractivity contribution in [2.75, 3.05) is 6.61 Å². The first-order valence-corrected chi connectivity index (χ1v) is 4.22. The largest absolute Gasteiger partial charge is 0.507 e. The molecule has 0 radical (unpaired) electrons. The zero-order chi connectivity index (χ0) is 10.4. The molecule has 0 aliphatic heterocycles. The summed E-state index contributed by atoms with van der Waals surface area (Å²) < 4.78 is 4.64. The number of nitrogens with zero attached hydrogens (tertiary/aromatic N) is 1. The SMILES string of the molecule is CCOC(=O)/C=C(\O)c1ccncc1. The lowest BCUT2D eigenvalue weighted by Gasteiger charge is -1.99. The number of carbonyl (C=O) groups is 1. The average molecular weight is 193 g/mol. The third-order valence-corrected chi connectivity index (χ3v) is 1.52. The van der Waals surface area contributed by atoms with Gasteiger partial charge in [0.05, 0.1) is 12.7 Å². The van der Waals surface area contributed by atoms with Gasteiger partial charge >= 0.3 is 5.97 Å². The Morgan fingerprint density at radius 3 is 2.79 bits per heavy atom. The fourth-order valence-corrected chi connectivity index (χ4v) is 0.902. The first kappa shape index (κ1) is 10.2. The van der Waals surface area contributed by atoms with E-state index in [1.54, 1.807) is 19.1 Å². The zero-order valence-electron chi connectivity index (χ0n) is 7.80. The van der Waals surface area contributed by atoms with Gasteiger partial charge in [-0.15, -0.1) is 0 Å². The van der Waals surface area contributed by atoms with Crippen LogP contribution < -0.4 is 0 Å². The van der Waals surface area contributed by atoms with Crippen LogP contribution in [0.2, 0.25) is 0 Å². The highest BCUT2D eigenvalue weighted by Gasteiger charge is 2.02. The number of pyridine rings is 1. The van der Waals surface area contributed by atoms with E-state index in [9.17, 15) is 9.90 Å². The standard InChI is InChI=1S/C10H11NO3/c1-2-14-10(13)7-9(12)8-3-5-11-6-4-8/h3-7,12H,2H2,1H3/b9-7-. The van der Waals surface area contributed by atoms with E-state index in [0.29, 0.717) is 12.2 Å². The molecule has 0 amide bonds. The quantitative estimate of drug-likeness (QED) is 0.449. The predicted molar refractivity (Wildman–Crippen MR) is 51.5 cm³/mol. The van der Waals surface area contributed by atoms with Crippen molar-refractivity contribution in [3.63, 3.8) is 0 Å². The lowest BCUT2D eigenvalue weighted by molar-refractivity contribution is -0.137. The molecule has 1 heterocycles. The molecule has 0 aromatic carbocycles. The highest BCUT2D eigenvalue weighted by atomic mass is 16.5. The van der Waals surface area contributed by atoms with Crippen LogP contribution in [0.4, 0.5) is 0 Å². The molecule has 1 rings (SSSR count). The van der Waals surface area contributed by atoms with Gasteiger partial charge < -0.3 is 9.84 Å². The first-order valence-electron chi connectivity index (χ1n) is 4.22. The van der Waals surface area contributed by atoms with Crippen LogP contribution in [0.5, 0.6) is 0 Å². The van der Waals surface area contributed by atoms with E-state index >= 15 is 0 Å². The lowest BCUT2D eigenvalue weighted by Crippen LogP contribution is -2.00. The number of hydrogen-bond acceptors (Lipinski definition) is 4. The van der Waals surface area contributed by atoms with Crippen LogP contribution in [0.25, 0.3) is 5.76 Å². The molecule has 0 aliphatic rings. The molecule has 4 nitrogen and oxygen atoms in total. The summed E-state index contributed by atoms with van der Waals surface area (Å²) in [4.78, 5) is 14.7. The molecule has 1 aromatic heterocycles. The lowest BCUT2D eigenvalue weighted by atomic mass is 10.2. The van der Waals surface area contributed by atoms with Gasteiger partial charge in [-0.3, -0.25) is 4.98 Å². The maximum Gasteiger partial charge on any atom is 0.334 e. The number of aliphatic hydroxyl groups excluding tert-OH is 1. The molecule has 0 atom stereocenters. The van der Waals surface area contributed by atoms with Crippen LogP contribution in [0.15, 0.2) is 30.6 Å². The maximum atomic E-state index is 11.0. The normalized spacial score (nSPS) is 11.1. The summed E-state index contributed by atoms with van der Waals surface area (Å²) >= 11 is 0. The summed E-state index contributed by atoms with van der Waals surface area (Å²) in [6.45, 7) is 1.99. The van der Waals surface area contributed by atoms with Gasteiger partial charge in [0.15, 0.2) is 0 Å². The number of aromatic nitrogens is 1. The Balaban J connectivity index is 2.75. The van der Waals surface area contributed by atoms with Crippen molar-refractivity contribution in [3.8, 4) is 0 Å². The van der Waals surface area contributed by atoms with Crippen molar-refractivity contribution in [1.82, 2.24) is 4.98 Å². The Kier molecular flexibility index (Phi) is 3.67. The van der Waals surface area contributed by atoms with Gasteiger partial charge in [-0.25, -0.2) is 4.79 Å². The number of aliphatic hydroxyl groups is 1. The Morgan fingerprint density at radius 2 is 2.21 bits per heavy atom. The van der Waals surface area contributed by atoms with Crippen molar-refractivity contribution in [1.29, 1.82) is 0 Å². The molecule has 4 heteroatoms. The summed E-state index contributed by atoms with van der Waals surface area (Å²) in [5, 5.41) is 9.45. The van der Waals surface area contributed by atoms with Crippen molar-refractivity contribution in [2.45, 2.75) is 6.92 Å². The number of hydrogen-bond donors (Lipinski definition) is 1. The monoisotopic (exact) mass is 193 g/mol. The van der Waals surface area contributed by atoms with E-state index in [0.717, 1.165) is 6.08 Å². The Bertz CT molecular complexity index is 332. The van der Waals surface area contributed by atoms with Crippen molar-refractivity contribution in [3.05, 3.63) is 36.2 Å². The molecular weight excluding hydrogens is 182 g/mol. The van der Waals surface area contributed by atoms with Gasteiger partial charge in [0.2, 0.25) is 0 Å². The minimum absolute atomic E-state index is 0.120.